The zero-order chi connectivity index (χ0) is 16.2. The van der Waals surface area contributed by atoms with Crippen LogP contribution in [0.4, 0.5) is 4.39 Å². The Bertz CT molecular complexity index is 715. The highest BCUT2D eigenvalue weighted by Gasteiger charge is 2.22. The molecule has 0 unspecified atom stereocenters. The number of ether oxygens (including phenoxy) is 1. The van der Waals surface area contributed by atoms with Gasteiger partial charge in [0, 0.05) is 18.7 Å². The molecule has 1 aromatic heterocycles. The van der Waals surface area contributed by atoms with Crippen LogP contribution in [-0.4, -0.2) is 40.5 Å². The maximum absolute atomic E-state index is 14.4. The number of hydrogen-bond acceptors (Lipinski definition) is 4. The van der Waals surface area contributed by atoms with E-state index in [4.69, 9.17) is 4.74 Å². The first kappa shape index (κ1) is 15.4. The van der Waals surface area contributed by atoms with Crippen LogP contribution in [0.1, 0.15) is 30.1 Å². The summed E-state index contributed by atoms with van der Waals surface area (Å²) in [6, 6.07) is 4.52. The van der Waals surface area contributed by atoms with Gasteiger partial charge < -0.3 is 9.64 Å². The van der Waals surface area contributed by atoms with E-state index < -0.39 is 5.82 Å². The summed E-state index contributed by atoms with van der Waals surface area (Å²) < 4.78 is 19.7. The molecule has 2 aromatic rings. The Hall–Kier alpha value is -2.50. The summed E-state index contributed by atoms with van der Waals surface area (Å²) in [5.41, 5.74) is 1.18. The van der Waals surface area contributed by atoms with Gasteiger partial charge in [-0.3, -0.25) is 9.78 Å². The summed E-state index contributed by atoms with van der Waals surface area (Å²) >= 11 is 0. The molecule has 1 aliphatic rings. The Labute approximate surface area is 134 Å². The van der Waals surface area contributed by atoms with E-state index in [-0.39, 0.29) is 11.5 Å². The fourth-order valence-corrected chi connectivity index (χ4v) is 2.64. The maximum Gasteiger partial charge on any atom is 0.256 e. The summed E-state index contributed by atoms with van der Waals surface area (Å²) in [6.07, 6.45) is 5.00. The molecule has 0 saturated carbocycles. The van der Waals surface area contributed by atoms with Crippen LogP contribution in [0.5, 0.6) is 5.88 Å². The number of carbonyl (C=O) groups excluding carboxylic acids is 1. The second-order valence-corrected chi connectivity index (χ2v) is 5.37. The van der Waals surface area contributed by atoms with Gasteiger partial charge in [-0.1, -0.05) is 6.07 Å². The molecule has 0 aliphatic carbocycles. The van der Waals surface area contributed by atoms with E-state index in [0.717, 1.165) is 12.8 Å². The number of carbonyl (C=O) groups is 1. The number of nitrogens with zero attached hydrogens (tertiary/aromatic N) is 3. The van der Waals surface area contributed by atoms with Crippen molar-refractivity contribution in [2.45, 2.75) is 19.8 Å². The summed E-state index contributed by atoms with van der Waals surface area (Å²) in [6.45, 7) is 3.73. The van der Waals surface area contributed by atoms with Gasteiger partial charge in [0.1, 0.15) is 5.82 Å². The van der Waals surface area contributed by atoms with Gasteiger partial charge in [0.05, 0.1) is 30.3 Å². The Morgan fingerprint density at radius 3 is 2.78 bits per heavy atom. The van der Waals surface area contributed by atoms with Gasteiger partial charge in [-0.25, -0.2) is 9.37 Å². The molecule has 120 valence electrons. The monoisotopic (exact) mass is 315 g/mol. The standard InChI is InChI=1S/C17H18FN3O2/c1-2-23-16-11-19-10-15(20-16)12-5-6-13(14(18)9-12)17(22)21-7-3-4-8-21/h5-6,9-11H,2-4,7-8H2,1H3. The fourth-order valence-electron chi connectivity index (χ4n) is 2.64. The molecule has 0 N–H and O–H groups in total. The molecule has 1 saturated heterocycles. The van der Waals surface area contributed by atoms with Crippen molar-refractivity contribution in [3.05, 3.63) is 42.0 Å². The van der Waals surface area contributed by atoms with Crippen molar-refractivity contribution in [3.8, 4) is 17.1 Å². The Kier molecular flexibility index (Phi) is 4.50. The molecule has 2 heterocycles. The quantitative estimate of drug-likeness (QED) is 0.870. The van der Waals surface area contributed by atoms with Gasteiger partial charge in [-0.05, 0) is 31.9 Å². The largest absolute Gasteiger partial charge is 0.477 e. The molecule has 1 amide bonds. The van der Waals surface area contributed by atoms with Gasteiger partial charge in [0.15, 0.2) is 0 Å². The van der Waals surface area contributed by atoms with E-state index in [1.807, 2.05) is 6.92 Å². The molecule has 0 radical (unpaired) electrons. The first-order valence-corrected chi connectivity index (χ1v) is 7.73. The van der Waals surface area contributed by atoms with Crippen molar-refractivity contribution >= 4 is 5.91 Å². The number of aromatic nitrogens is 2. The lowest BCUT2D eigenvalue weighted by Crippen LogP contribution is -2.28. The Morgan fingerprint density at radius 2 is 2.09 bits per heavy atom. The van der Waals surface area contributed by atoms with Gasteiger partial charge in [0.25, 0.3) is 5.91 Å². The number of hydrogen-bond donors (Lipinski definition) is 0. The van der Waals surface area contributed by atoms with Crippen LogP contribution in [0.15, 0.2) is 30.6 Å². The second-order valence-electron chi connectivity index (χ2n) is 5.37. The number of amides is 1. The maximum atomic E-state index is 14.4. The molecular weight excluding hydrogens is 297 g/mol. The number of benzene rings is 1. The Balaban J connectivity index is 1.86. The average Bonchev–Trinajstić information content (AvgIpc) is 3.09. The zero-order valence-corrected chi connectivity index (χ0v) is 13.0. The van der Waals surface area contributed by atoms with E-state index >= 15 is 0 Å². The van der Waals surface area contributed by atoms with Gasteiger partial charge in [-0.15, -0.1) is 0 Å². The van der Waals surface area contributed by atoms with Crippen LogP contribution in [-0.2, 0) is 0 Å². The van der Waals surface area contributed by atoms with Crippen LogP contribution in [0, 0.1) is 5.82 Å². The smallest absolute Gasteiger partial charge is 0.256 e. The van der Waals surface area contributed by atoms with Crippen LogP contribution in [0.3, 0.4) is 0 Å². The second kappa shape index (κ2) is 6.73. The summed E-state index contributed by atoms with van der Waals surface area (Å²) in [7, 11) is 0. The van der Waals surface area contributed by atoms with Crippen LogP contribution in [0.25, 0.3) is 11.3 Å². The van der Waals surface area contributed by atoms with Gasteiger partial charge >= 0.3 is 0 Å². The highest BCUT2D eigenvalue weighted by atomic mass is 19.1. The van der Waals surface area contributed by atoms with Crippen molar-refractivity contribution in [2.75, 3.05) is 19.7 Å². The SMILES string of the molecule is CCOc1cncc(-c2ccc(C(=O)N3CCCC3)c(F)c2)n1. The Morgan fingerprint density at radius 1 is 1.30 bits per heavy atom. The minimum absolute atomic E-state index is 0.101. The molecule has 1 aromatic carbocycles. The van der Waals surface area contributed by atoms with Gasteiger partial charge in [0.2, 0.25) is 5.88 Å². The first-order valence-electron chi connectivity index (χ1n) is 7.73. The third-order valence-corrected chi connectivity index (χ3v) is 3.79. The summed E-state index contributed by atoms with van der Waals surface area (Å²) in [5.74, 6) is -0.397. The number of rotatable bonds is 4. The molecule has 0 atom stereocenters. The highest BCUT2D eigenvalue weighted by Crippen LogP contribution is 2.23. The molecule has 5 nitrogen and oxygen atoms in total. The van der Waals surface area contributed by atoms with Crippen molar-refractivity contribution < 1.29 is 13.9 Å². The minimum Gasteiger partial charge on any atom is -0.477 e. The summed E-state index contributed by atoms with van der Waals surface area (Å²) in [4.78, 5) is 22.3. The van der Waals surface area contributed by atoms with E-state index in [9.17, 15) is 9.18 Å². The molecule has 23 heavy (non-hydrogen) atoms. The zero-order valence-electron chi connectivity index (χ0n) is 13.0. The van der Waals surface area contributed by atoms with E-state index in [2.05, 4.69) is 9.97 Å². The topological polar surface area (TPSA) is 55.3 Å². The molecule has 3 rings (SSSR count). The molecule has 1 fully saturated rings. The van der Waals surface area contributed by atoms with Crippen LogP contribution < -0.4 is 4.74 Å². The van der Waals surface area contributed by atoms with Gasteiger partial charge in [-0.2, -0.15) is 0 Å². The highest BCUT2D eigenvalue weighted by molar-refractivity contribution is 5.95. The predicted octanol–water partition coefficient (Wildman–Crippen LogP) is 2.92. The van der Waals surface area contributed by atoms with Crippen molar-refractivity contribution in [2.24, 2.45) is 0 Å². The van der Waals surface area contributed by atoms with Crippen LogP contribution >= 0.6 is 0 Å². The first-order chi connectivity index (χ1) is 11.2. The van der Waals surface area contributed by atoms with E-state index in [1.54, 1.807) is 17.2 Å². The minimum atomic E-state index is -0.539. The normalized spacial score (nSPS) is 14.1. The average molecular weight is 315 g/mol. The van der Waals surface area contributed by atoms with E-state index in [1.165, 1.54) is 18.3 Å². The molecular formula is C17H18FN3O2. The lowest BCUT2D eigenvalue weighted by atomic mass is 10.1. The predicted molar refractivity (Wildman–Crippen MR) is 83.7 cm³/mol. The fraction of sp³-hybridized carbons (Fsp3) is 0.353. The molecule has 0 spiro atoms. The van der Waals surface area contributed by atoms with E-state index in [0.29, 0.717) is 36.8 Å². The van der Waals surface area contributed by atoms with Crippen molar-refractivity contribution in [1.29, 1.82) is 0 Å². The lowest BCUT2D eigenvalue weighted by molar-refractivity contribution is 0.0788. The third kappa shape index (κ3) is 3.31. The third-order valence-electron chi connectivity index (χ3n) is 3.79. The van der Waals surface area contributed by atoms with Crippen LogP contribution in [0.2, 0.25) is 0 Å². The number of likely N-dealkylation sites (tertiary alicyclic amines) is 1. The van der Waals surface area contributed by atoms with Crippen molar-refractivity contribution in [3.63, 3.8) is 0 Å². The van der Waals surface area contributed by atoms with Crippen molar-refractivity contribution in [1.82, 2.24) is 14.9 Å². The molecule has 6 heteroatoms. The number of halogens is 1. The molecule has 0 bridgehead atoms. The summed E-state index contributed by atoms with van der Waals surface area (Å²) in [5, 5.41) is 0. The molecule has 1 aliphatic heterocycles. The lowest BCUT2D eigenvalue weighted by Gasteiger charge is -2.16.